The van der Waals surface area contributed by atoms with Crippen LogP contribution in [0.1, 0.15) is 31.1 Å². The largest absolute Gasteiger partial charge is 0.387 e. The monoisotopic (exact) mass is 223 g/mol. The van der Waals surface area contributed by atoms with Crippen LogP contribution in [0.25, 0.3) is 0 Å². The van der Waals surface area contributed by atoms with Gasteiger partial charge in [0.15, 0.2) is 0 Å². The van der Waals surface area contributed by atoms with Gasteiger partial charge in [0.25, 0.3) is 0 Å². The van der Waals surface area contributed by atoms with E-state index in [0.29, 0.717) is 6.61 Å². The number of nitrogens with two attached hydrogens (primary N) is 1. The van der Waals surface area contributed by atoms with E-state index in [1.165, 1.54) is 5.56 Å². The molecule has 0 heterocycles. The van der Waals surface area contributed by atoms with Crippen LogP contribution < -0.4 is 5.73 Å². The van der Waals surface area contributed by atoms with Crippen LogP contribution in [0.5, 0.6) is 0 Å². The number of aliphatic hydroxyl groups is 1. The fourth-order valence-electron chi connectivity index (χ4n) is 1.74. The summed E-state index contributed by atoms with van der Waals surface area (Å²) in [5, 5.41) is 9.58. The SMILES string of the molecule is COCC(C)(C)c1ccc(C(O)CN)cc1. The summed E-state index contributed by atoms with van der Waals surface area (Å²) in [6, 6.07) is 7.88. The second-order valence-electron chi connectivity index (χ2n) is 4.69. The molecule has 3 N–H and O–H groups in total. The minimum atomic E-state index is -0.570. The third kappa shape index (κ3) is 3.04. The zero-order valence-electron chi connectivity index (χ0n) is 10.2. The second kappa shape index (κ2) is 5.43. The summed E-state index contributed by atoms with van der Waals surface area (Å²) in [4.78, 5) is 0. The van der Waals surface area contributed by atoms with Gasteiger partial charge in [-0.1, -0.05) is 38.1 Å². The predicted octanol–water partition coefficient (Wildman–Crippen LogP) is 1.60. The highest BCUT2D eigenvalue weighted by atomic mass is 16.5. The summed E-state index contributed by atoms with van der Waals surface area (Å²) >= 11 is 0. The molecule has 0 fully saturated rings. The highest BCUT2D eigenvalue weighted by Crippen LogP contribution is 2.24. The number of methoxy groups -OCH3 is 1. The Hall–Kier alpha value is -0.900. The fourth-order valence-corrected chi connectivity index (χ4v) is 1.74. The highest BCUT2D eigenvalue weighted by molar-refractivity contribution is 5.29. The Morgan fingerprint density at radius 3 is 2.31 bits per heavy atom. The van der Waals surface area contributed by atoms with E-state index in [4.69, 9.17) is 10.5 Å². The first kappa shape index (κ1) is 13.2. The quantitative estimate of drug-likeness (QED) is 0.797. The Morgan fingerprint density at radius 1 is 1.31 bits per heavy atom. The van der Waals surface area contributed by atoms with E-state index in [1.807, 2.05) is 24.3 Å². The summed E-state index contributed by atoms with van der Waals surface area (Å²) in [7, 11) is 1.70. The molecule has 1 atom stereocenters. The zero-order chi connectivity index (χ0) is 12.2. The molecule has 1 aromatic rings. The van der Waals surface area contributed by atoms with Gasteiger partial charge in [0.2, 0.25) is 0 Å². The van der Waals surface area contributed by atoms with Crippen LogP contribution in [-0.4, -0.2) is 25.4 Å². The smallest absolute Gasteiger partial charge is 0.0912 e. The van der Waals surface area contributed by atoms with Crippen LogP contribution in [0.15, 0.2) is 24.3 Å². The van der Waals surface area contributed by atoms with Gasteiger partial charge < -0.3 is 15.6 Å². The number of ether oxygens (including phenoxy) is 1. The Balaban J connectivity index is 2.86. The van der Waals surface area contributed by atoms with Crippen LogP contribution >= 0.6 is 0 Å². The maximum absolute atomic E-state index is 9.58. The van der Waals surface area contributed by atoms with Gasteiger partial charge in [-0.3, -0.25) is 0 Å². The lowest BCUT2D eigenvalue weighted by Gasteiger charge is -2.24. The summed E-state index contributed by atoms with van der Waals surface area (Å²) < 4.78 is 5.19. The van der Waals surface area contributed by atoms with Gasteiger partial charge >= 0.3 is 0 Å². The average molecular weight is 223 g/mol. The lowest BCUT2D eigenvalue weighted by molar-refractivity contribution is 0.146. The molecule has 0 spiro atoms. The van der Waals surface area contributed by atoms with Crippen molar-refractivity contribution in [1.82, 2.24) is 0 Å². The molecule has 0 aromatic heterocycles. The highest BCUT2D eigenvalue weighted by Gasteiger charge is 2.20. The predicted molar refractivity (Wildman–Crippen MR) is 65.4 cm³/mol. The van der Waals surface area contributed by atoms with Gasteiger partial charge in [0.05, 0.1) is 12.7 Å². The Morgan fingerprint density at radius 2 is 1.88 bits per heavy atom. The molecule has 0 radical (unpaired) electrons. The van der Waals surface area contributed by atoms with E-state index in [0.717, 1.165) is 5.56 Å². The summed E-state index contributed by atoms with van der Waals surface area (Å²) in [6.45, 7) is 5.18. The van der Waals surface area contributed by atoms with Crippen molar-refractivity contribution in [2.45, 2.75) is 25.4 Å². The standard InChI is InChI=1S/C13H21NO2/c1-13(2,9-16-3)11-6-4-10(5-7-11)12(15)8-14/h4-7,12,15H,8-9,14H2,1-3H3. The lowest BCUT2D eigenvalue weighted by atomic mass is 9.85. The van der Waals surface area contributed by atoms with E-state index in [1.54, 1.807) is 7.11 Å². The molecular formula is C13H21NO2. The van der Waals surface area contributed by atoms with Crippen LogP contribution in [0.2, 0.25) is 0 Å². The average Bonchev–Trinajstić information content (AvgIpc) is 2.28. The Bertz CT molecular complexity index is 319. The van der Waals surface area contributed by atoms with Gasteiger partial charge in [-0.05, 0) is 11.1 Å². The summed E-state index contributed by atoms with van der Waals surface area (Å²) in [5.41, 5.74) is 7.45. The van der Waals surface area contributed by atoms with Crippen LogP contribution in [0.4, 0.5) is 0 Å². The third-order valence-electron chi connectivity index (χ3n) is 2.81. The molecule has 90 valence electrons. The van der Waals surface area contributed by atoms with Crippen molar-refractivity contribution in [3.05, 3.63) is 35.4 Å². The molecule has 1 unspecified atom stereocenters. The third-order valence-corrected chi connectivity index (χ3v) is 2.81. The van der Waals surface area contributed by atoms with Gasteiger partial charge in [-0.2, -0.15) is 0 Å². The van der Waals surface area contributed by atoms with Crippen molar-refractivity contribution < 1.29 is 9.84 Å². The molecule has 0 amide bonds. The van der Waals surface area contributed by atoms with Gasteiger partial charge in [0.1, 0.15) is 0 Å². The van der Waals surface area contributed by atoms with Crippen molar-refractivity contribution >= 4 is 0 Å². The molecule has 0 aliphatic carbocycles. The molecule has 3 heteroatoms. The van der Waals surface area contributed by atoms with E-state index in [9.17, 15) is 5.11 Å². The molecular weight excluding hydrogens is 202 g/mol. The fraction of sp³-hybridized carbons (Fsp3) is 0.538. The van der Waals surface area contributed by atoms with Crippen LogP contribution in [0.3, 0.4) is 0 Å². The Kier molecular flexibility index (Phi) is 4.47. The number of hydrogen-bond donors (Lipinski definition) is 2. The number of hydrogen-bond acceptors (Lipinski definition) is 3. The molecule has 1 aromatic carbocycles. The topological polar surface area (TPSA) is 55.5 Å². The molecule has 0 aliphatic heterocycles. The maximum Gasteiger partial charge on any atom is 0.0912 e. The van der Waals surface area contributed by atoms with Crippen LogP contribution in [-0.2, 0) is 10.2 Å². The van der Waals surface area contributed by atoms with Gasteiger partial charge in [0, 0.05) is 19.1 Å². The molecule has 0 saturated carbocycles. The van der Waals surface area contributed by atoms with E-state index >= 15 is 0 Å². The van der Waals surface area contributed by atoms with Crippen molar-refractivity contribution in [2.75, 3.05) is 20.3 Å². The zero-order valence-corrected chi connectivity index (χ0v) is 10.2. The molecule has 1 rings (SSSR count). The summed E-state index contributed by atoms with van der Waals surface area (Å²) in [5.74, 6) is 0. The first-order chi connectivity index (χ1) is 7.51. The molecule has 16 heavy (non-hydrogen) atoms. The molecule has 3 nitrogen and oxygen atoms in total. The van der Waals surface area contributed by atoms with Crippen molar-refractivity contribution in [2.24, 2.45) is 5.73 Å². The van der Waals surface area contributed by atoms with Crippen molar-refractivity contribution in [3.63, 3.8) is 0 Å². The molecule has 0 bridgehead atoms. The van der Waals surface area contributed by atoms with Gasteiger partial charge in [-0.15, -0.1) is 0 Å². The van der Waals surface area contributed by atoms with Gasteiger partial charge in [-0.25, -0.2) is 0 Å². The number of benzene rings is 1. The summed E-state index contributed by atoms with van der Waals surface area (Å²) in [6.07, 6.45) is -0.570. The minimum Gasteiger partial charge on any atom is -0.387 e. The van der Waals surface area contributed by atoms with Crippen LogP contribution in [0, 0.1) is 0 Å². The number of rotatable bonds is 5. The van der Waals surface area contributed by atoms with E-state index < -0.39 is 6.10 Å². The second-order valence-corrected chi connectivity index (χ2v) is 4.69. The van der Waals surface area contributed by atoms with E-state index in [-0.39, 0.29) is 12.0 Å². The minimum absolute atomic E-state index is 0.0129. The lowest BCUT2D eigenvalue weighted by Crippen LogP contribution is -2.23. The molecule has 0 saturated heterocycles. The Labute approximate surface area is 97.2 Å². The van der Waals surface area contributed by atoms with E-state index in [2.05, 4.69) is 13.8 Å². The first-order valence-corrected chi connectivity index (χ1v) is 5.49. The van der Waals surface area contributed by atoms with Crippen molar-refractivity contribution in [1.29, 1.82) is 0 Å². The normalized spacial score (nSPS) is 13.8. The first-order valence-electron chi connectivity index (χ1n) is 5.49. The molecule has 0 aliphatic rings. The van der Waals surface area contributed by atoms with Crippen molar-refractivity contribution in [3.8, 4) is 0 Å². The maximum atomic E-state index is 9.58. The number of aliphatic hydroxyl groups excluding tert-OH is 1.